The smallest absolute Gasteiger partial charge is 1.00 e. The second-order valence-electron chi connectivity index (χ2n) is 1.67. The standard InChI is InChI=1S/2C2H7O3PS.K.H/c2*1-4-6(3,7)5-2;;/h2*1-2H3,(H,3,7);;/q;;+1;-1. The number of hydrogen-bond donors (Lipinski definition) is 2. The molecular formula is C4H15KO6P2S2. The van der Waals surface area contributed by atoms with Crippen LogP contribution in [0.4, 0.5) is 0 Å². The third-order valence-corrected chi connectivity index (χ3v) is 4.64. The van der Waals surface area contributed by atoms with Gasteiger partial charge in [-0.25, -0.2) is 4.57 Å². The first-order valence-electron chi connectivity index (χ1n) is 3.13. The van der Waals surface area contributed by atoms with Gasteiger partial charge >= 0.3 is 64.9 Å². The Labute approximate surface area is 144 Å². The van der Waals surface area contributed by atoms with Crippen molar-refractivity contribution in [1.29, 1.82) is 0 Å². The van der Waals surface area contributed by atoms with Crippen LogP contribution >= 0.6 is 25.8 Å². The van der Waals surface area contributed by atoms with Crippen molar-refractivity contribution < 1.29 is 80.4 Å². The van der Waals surface area contributed by atoms with E-state index in [-0.39, 0.29) is 52.8 Å². The summed E-state index contributed by atoms with van der Waals surface area (Å²) in [5.41, 5.74) is 0. The van der Waals surface area contributed by atoms with E-state index >= 15 is 0 Å². The van der Waals surface area contributed by atoms with Crippen LogP contribution < -0.4 is 51.4 Å². The minimum atomic E-state index is -2.96. The van der Waals surface area contributed by atoms with Crippen LogP contribution in [0.3, 0.4) is 0 Å². The third kappa shape index (κ3) is 16.7. The van der Waals surface area contributed by atoms with E-state index in [0.29, 0.717) is 0 Å². The molecule has 0 rings (SSSR count). The van der Waals surface area contributed by atoms with E-state index < -0.39 is 13.5 Å². The van der Waals surface area contributed by atoms with Crippen LogP contribution in [0, 0.1) is 0 Å². The van der Waals surface area contributed by atoms with Gasteiger partial charge in [0.25, 0.3) is 0 Å². The monoisotopic (exact) mass is 324 g/mol. The van der Waals surface area contributed by atoms with Crippen molar-refractivity contribution in [2.45, 2.75) is 0 Å². The van der Waals surface area contributed by atoms with Crippen LogP contribution in [0.2, 0.25) is 0 Å². The van der Waals surface area contributed by atoms with Crippen LogP contribution in [0.15, 0.2) is 0 Å². The quantitative estimate of drug-likeness (QED) is 0.387. The molecule has 1 N–H and O–H groups in total. The van der Waals surface area contributed by atoms with Gasteiger partial charge in [-0.15, -0.1) is 0 Å². The van der Waals surface area contributed by atoms with Crippen LogP contribution in [-0.2, 0) is 34.5 Å². The minimum Gasteiger partial charge on any atom is -1.00 e. The average Bonchev–Trinajstić information content (AvgIpc) is 2.19. The maximum absolute atomic E-state index is 10.4. The number of thiol groups is 1. The molecule has 15 heavy (non-hydrogen) atoms. The molecule has 0 saturated heterocycles. The van der Waals surface area contributed by atoms with E-state index in [1.807, 2.05) is 0 Å². The van der Waals surface area contributed by atoms with Crippen molar-refractivity contribution in [2.24, 2.45) is 0 Å². The van der Waals surface area contributed by atoms with Crippen molar-refractivity contribution >= 4 is 37.6 Å². The molecule has 0 saturated carbocycles. The third-order valence-electron chi connectivity index (χ3n) is 0.923. The van der Waals surface area contributed by atoms with Gasteiger partial charge in [-0.2, -0.15) is 0 Å². The van der Waals surface area contributed by atoms with Gasteiger partial charge in [0.1, 0.15) is 0 Å². The van der Waals surface area contributed by atoms with Crippen LogP contribution in [-0.4, -0.2) is 33.3 Å². The number of rotatable bonds is 4. The van der Waals surface area contributed by atoms with Crippen LogP contribution in [0.25, 0.3) is 0 Å². The van der Waals surface area contributed by atoms with Crippen molar-refractivity contribution in [3.8, 4) is 0 Å². The molecule has 0 aliphatic heterocycles. The second-order valence-corrected chi connectivity index (χ2v) is 7.86. The summed E-state index contributed by atoms with van der Waals surface area (Å²) in [7, 11) is 5.17. The second kappa shape index (κ2) is 11.7. The molecule has 0 spiro atoms. The maximum Gasteiger partial charge on any atom is 1.00 e. The Hall–Kier alpha value is 2.67. The Morgan fingerprint density at radius 3 is 1.40 bits per heavy atom. The molecule has 0 unspecified atom stereocenters. The van der Waals surface area contributed by atoms with Gasteiger partial charge in [-0.1, -0.05) is 12.2 Å². The predicted octanol–water partition coefficient (Wildman–Crippen LogP) is -1.07. The van der Waals surface area contributed by atoms with Gasteiger partial charge in [0.15, 0.2) is 0 Å². The zero-order chi connectivity index (χ0) is 11.8. The molecule has 0 radical (unpaired) electrons. The average molecular weight is 324 g/mol. The van der Waals surface area contributed by atoms with E-state index in [1.165, 1.54) is 28.4 Å². The molecule has 90 valence electrons. The predicted molar refractivity (Wildman–Crippen MR) is 62.2 cm³/mol. The Balaban J connectivity index is -0.0000000800. The molecule has 0 aromatic heterocycles. The molecule has 0 bridgehead atoms. The molecule has 0 aliphatic rings. The van der Waals surface area contributed by atoms with Crippen molar-refractivity contribution in [3.05, 3.63) is 0 Å². The van der Waals surface area contributed by atoms with Gasteiger partial charge < -0.3 is 24.4 Å². The Morgan fingerprint density at radius 2 is 1.40 bits per heavy atom. The molecule has 0 atom stereocenters. The molecule has 0 aliphatic carbocycles. The van der Waals surface area contributed by atoms with Crippen molar-refractivity contribution in [3.63, 3.8) is 0 Å². The fourth-order valence-corrected chi connectivity index (χ4v) is 0.447. The van der Waals surface area contributed by atoms with E-state index in [1.54, 1.807) is 0 Å². The zero-order valence-electron chi connectivity index (χ0n) is 10.2. The molecule has 11 heteroatoms. The largest absolute Gasteiger partial charge is 1.00 e. The molecule has 0 aromatic rings. The fourth-order valence-electron chi connectivity index (χ4n) is 0.149. The summed E-state index contributed by atoms with van der Waals surface area (Å²) in [5.74, 6) is 0. The van der Waals surface area contributed by atoms with E-state index in [4.69, 9.17) is 4.89 Å². The fraction of sp³-hybridized carbons (Fsp3) is 1.00. The molecule has 0 aromatic carbocycles. The van der Waals surface area contributed by atoms with Gasteiger partial charge in [0, 0.05) is 28.4 Å². The van der Waals surface area contributed by atoms with Gasteiger partial charge in [0.2, 0.25) is 0 Å². The van der Waals surface area contributed by atoms with Crippen molar-refractivity contribution in [1.82, 2.24) is 0 Å². The van der Waals surface area contributed by atoms with Gasteiger partial charge in [-0.05, 0) is 11.8 Å². The topological polar surface area (TPSA) is 74.2 Å². The summed E-state index contributed by atoms with van der Waals surface area (Å²) < 4.78 is 27.6. The normalized spacial score (nSPS) is 11.1. The Morgan fingerprint density at radius 1 is 1.13 bits per heavy atom. The van der Waals surface area contributed by atoms with E-state index in [9.17, 15) is 4.57 Å². The first-order chi connectivity index (χ1) is 6.24. The van der Waals surface area contributed by atoms with Crippen LogP contribution in [0.5, 0.6) is 0 Å². The van der Waals surface area contributed by atoms with Crippen molar-refractivity contribution in [2.75, 3.05) is 28.4 Å². The molecule has 6 nitrogen and oxygen atoms in total. The summed E-state index contributed by atoms with van der Waals surface area (Å²) in [6.07, 6.45) is 0. The van der Waals surface area contributed by atoms with E-state index in [0.717, 1.165) is 0 Å². The summed E-state index contributed by atoms with van der Waals surface area (Å²) >= 11 is 7.87. The Kier molecular flexibility index (Phi) is 17.9. The Bertz CT molecular complexity index is 205. The summed E-state index contributed by atoms with van der Waals surface area (Å²) in [5, 5.41) is 0. The first-order valence-corrected chi connectivity index (χ1v) is 8.41. The molecule has 0 amide bonds. The SMILES string of the molecule is COP(=O)(S)OC.COP(O)(=S)OC.[H-].[K+]. The molecule has 0 heterocycles. The van der Waals surface area contributed by atoms with E-state index in [2.05, 4.69) is 42.2 Å². The maximum atomic E-state index is 10.4. The van der Waals surface area contributed by atoms with Crippen LogP contribution in [0.1, 0.15) is 1.43 Å². The summed E-state index contributed by atoms with van der Waals surface area (Å²) in [6.45, 7) is -5.78. The summed E-state index contributed by atoms with van der Waals surface area (Å²) in [4.78, 5) is 8.61. The summed E-state index contributed by atoms with van der Waals surface area (Å²) in [6, 6.07) is 0. The first kappa shape index (κ1) is 22.8. The zero-order valence-corrected chi connectivity index (χ0v) is 15.9. The van der Waals surface area contributed by atoms with Gasteiger partial charge in [0.05, 0.1) is 0 Å². The van der Waals surface area contributed by atoms with Gasteiger partial charge in [-0.3, -0.25) is 0 Å². The molecular weight excluding hydrogens is 309 g/mol. The number of hydrogen-bond acceptors (Lipinski definition) is 6. The molecule has 0 fully saturated rings. The minimum absolute atomic E-state index is 0.